The van der Waals surface area contributed by atoms with Gasteiger partial charge in [0.2, 0.25) is 0 Å². The lowest BCUT2D eigenvalue weighted by Crippen LogP contribution is -2.12. The van der Waals surface area contributed by atoms with Gasteiger partial charge in [0.1, 0.15) is 17.6 Å². The fraction of sp³-hybridized carbons (Fsp3) is 0.214. The first-order valence-electron chi connectivity index (χ1n) is 6.61. The van der Waals surface area contributed by atoms with Crippen LogP contribution in [0.1, 0.15) is 11.1 Å². The lowest BCUT2D eigenvalue weighted by molar-refractivity contribution is -0.138. The second kappa shape index (κ2) is 5.75. The highest BCUT2D eigenvalue weighted by Gasteiger charge is 2.33. The number of rotatable bonds is 4. The molecule has 3 rings (SSSR count). The topological polar surface area (TPSA) is 75.7 Å². The molecule has 0 aliphatic heterocycles. The van der Waals surface area contributed by atoms with Gasteiger partial charge >= 0.3 is 6.18 Å². The summed E-state index contributed by atoms with van der Waals surface area (Å²) in [5.41, 5.74) is 0.312. The van der Waals surface area contributed by atoms with Gasteiger partial charge in [0.15, 0.2) is 11.5 Å². The average molecular weight is 323 g/mol. The van der Waals surface area contributed by atoms with Crippen molar-refractivity contribution >= 4 is 17.0 Å². The smallest absolute Gasteiger partial charge is 0.416 e. The zero-order valence-corrected chi connectivity index (χ0v) is 12.0. The number of alkyl halides is 3. The Bertz CT molecular complexity index is 831. The Kier molecular flexibility index (Phi) is 3.77. The van der Waals surface area contributed by atoms with Gasteiger partial charge in [-0.1, -0.05) is 6.07 Å². The van der Waals surface area contributed by atoms with E-state index in [2.05, 4.69) is 25.3 Å². The minimum atomic E-state index is -4.47. The van der Waals surface area contributed by atoms with Gasteiger partial charge in [-0.05, 0) is 17.7 Å². The zero-order chi connectivity index (χ0) is 16.4. The van der Waals surface area contributed by atoms with Crippen molar-refractivity contribution in [3.63, 3.8) is 0 Å². The maximum Gasteiger partial charge on any atom is 0.416 e. The number of hydrogen-bond donors (Lipinski definition) is 2. The van der Waals surface area contributed by atoms with E-state index >= 15 is 0 Å². The second-order valence-electron chi connectivity index (χ2n) is 4.70. The summed E-state index contributed by atoms with van der Waals surface area (Å²) < 4.78 is 44.4. The van der Waals surface area contributed by atoms with Crippen molar-refractivity contribution in [3.8, 4) is 5.75 Å². The lowest BCUT2D eigenvalue weighted by atomic mass is 10.1. The van der Waals surface area contributed by atoms with Gasteiger partial charge in [0.05, 0.1) is 19.0 Å². The van der Waals surface area contributed by atoms with E-state index < -0.39 is 11.7 Å². The lowest BCUT2D eigenvalue weighted by Gasteiger charge is -2.15. The van der Waals surface area contributed by atoms with Gasteiger partial charge in [-0.2, -0.15) is 13.2 Å². The number of aromatic nitrogens is 4. The largest absolute Gasteiger partial charge is 0.497 e. The minimum Gasteiger partial charge on any atom is -0.497 e. The van der Waals surface area contributed by atoms with Crippen molar-refractivity contribution in [3.05, 3.63) is 42.0 Å². The predicted octanol–water partition coefficient (Wildman–Crippen LogP) is 2.99. The number of imidazole rings is 1. The molecule has 23 heavy (non-hydrogen) atoms. The first kappa shape index (κ1) is 15.1. The molecule has 0 unspecified atom stereocenters. The van der Waals surface area contributed by atoms with E-state index in [1.807, 2.05) is 0 Å². The molecule has 2 N–H and O–H groups in total. The molecule has 120 valence electrons. The number of hydrogen-bond acceptors (Lipinski definition) is 5. The third-order valence-electron chi connectivity index (χ3n) is 3.29. The standard InChI is InChI=1S/C14H12F3N5O/c1-23-9-3-2-8(10(4-9)14(15,16)17)5-18-12-11-13(20-6-19-11)22-7-21-12/h2-4,6-7H,5H2,1H3,(H2,18,19,20,21,22). The second-order valence-corrected chi connectivity index (χ2v) is 4.70. The molecule has 0 bridgehead atoms. The first-order valence-corrected chi connectivity index (χ1v) is 6.61. The summed E-state index contributed by atoms with van der Waals surface area (Å²) in [7, 11) is 1.32. The summed E-state index contributed by atoms with van der Waals surface area (Å²) in [6, 6.07) is 3.83. The number of nitrogens with zero attached hydrogens (tertiary/aromatic N) is 3. The summed E-state index contributed by atoms with van der Waals surface area (Å²) in [5.74, 6) is 0.538. The number of fused-ring (bicyclic) bond motifs is 1. The fourth-order valence-electron chi connectivity index (χ4n) is 2.18. The van der Waals surface area contributed by atoms with Crippen LogP contribution in [-0.2, 0) is 12.7 Å². The van der Waals surface area contributed by atoms with Crippen molar-refractivity contribution in [1.29, 1.82) is 0 Å². The number of anilines is 1. The molecule has 0 aliphatic carbocycles. The van der Waals surface area contributed by atoms with Gasteiger partial charge in [0.25, 0.3) is 0 Å². The highest BCUT2D eigenvalue weighted by Crippen LogP contribution is 2.34. The van der Waals surface area contributed by atoms with Crippen LogP contribution in [0.4, 0.5) is 19.0 Å². The van der Waals surface area contributed by atoms with E-state index in [1.165, 1.54) is 31.9 Å². The maximum absolute atomic E-state index is 13.2. The molecule has 1 aromatic carbocycles. The molecule has 0 radical (unpaired) electrons. The SMILES string of the molecule is COc1ccc(CNc2ncnc3nc[nH]c23)c(C(F)(F)F)c1. The molecule has 2 heterocycles. The highest BCUT2D eigenvalue weighted by molar-refractivity contribution is 5.81. The van der Waals surface area contributed by atoms with Crippen molar-refractivity contribution in [1.82, 2.24) is 19.9 Å². The average Bonchev–Trinajstić information content (AvgIpc) is 3.01. The third kappa shape index (κ3) is 3.03. The van der Waals surface area contributed by atoms with Crippen LogP contribution >= 0.6 is 0 Å². The summed E-state index contributed by atoms with van der Waals surface area (Å²) in [5, 5.41) is 2.88. The van der Waals surface area contributed by atoms with Crippen LogP contribution in [0.5, 0.6) is 5.75 Å². The quantitative estimate of drug-likeness (QED) is 0.772. The van der Waals surface area contributed by atoms with Crippen molar-refractivity contribution in [2.45, 2.75) is 12.7 Å². The normalized spacial score (nSPS) is 11.7. The third-order valence-corrected chi connectivity index (χ3v) is 3.29. The molecule has 0 saturated heterocycles. The fourth-order valence-corrected chi connectivity index (χ4v) is 2.18. The number of methoxy groups -OCH3 is 1. The van der Waals surface area contributed by atoms with E-state index in [0.29, 0.717) is 17.0 Å². The molecule has 0 atom stereocenters. The molecule has 3 aromatic rings. The van der Waals surface area contributed by atoms with E-state index in [9.17, 15) is 13.2 Å². The Morgan fingerprint density at radius 2 is 2.04 bits per heavy atom. The van der Waals surface area contributed by atoms with E-state index in [0.717, 1.165) is 6.07 Å². The Labute approximate surface area is 128 Å². The van der Waals surface area contributed by atoms with Crippen LogP contribution in [0.25, 0.3) is 11.2 Å². The van der Waals surface area contributed by atoms with Gasteiger partial charge in [-0.15, -0.1) is 0 Å². The molecule has 2 aromatic heterocycles. The summed E-state index contributed by atoms with van der Waals surface area (Å²) in [4.78, 5) is 14.8. The van der Waals surface area contributed by atoms with Gasteiger partial charge in [-0.3, -0.25) is 0 Å². The van der Waals surface area contributed by atoms with Crippen LogP contribution in [-0.4, -0.2) is 27.0 Å². The van der Waals surface area contributed by atoms with E-state index in [4.69, 9.17) is 4.74 Å². The van der Waals surface area contributed by atoms with Crippen LogP contribution in [0.2, 0.25) is 0 Å². The number of benzene rings is 1. The van der Waals surface area contributed by atoms with Crippen LogP contribution in [0, 0.1) is 0 Å². The molecule has 9 heteroatoms. The predicted molar refractivity (Wildman–Crippen MR) is 77.0 cm³/mol. The number of aromatic amines is 1. The van der Waals surface area contributed by atoms with E-state index in [-0.39, 0.29) is 17.9 Å². The Morgan fingerprint density at radius 1 is 1.22 bits per heavy atom. The molecular formula is C14H12F3N5O. The summed E-state index contributed by atoms with van der Waals surface area (Å²) in [6.45, 7) is -0.0516. The zero-order valence-electron chi connectivity index (χ0n) is 12.0. The van der Waals surface area contributed by atoms with Crippen LogP contribution < -0.4 is 10.1 Å². The number of nitrogens with one attached hydrogen (secondary N) is 2. The number of ether oxygens (including phenoxy) is 1. The first-order chi connectivity index (χ1) is 11.0. The van der Waals surface area contributed by atoms with Gasteiger partial charge in [-0.25, -0.2) is 15.0 Å². The van der Waals surface area contributed by atoms with Crippen LogP contribution in [0.3, 0.4) is 0 Å². The maximum atomic E-state index is 13.2. The Morgan fingerprint density at radius 3 is 2.78 bits per heavy atom. The van der Waals surface area contributed by atoms with Crippen molar-refractivity contribution in [2.24, 2.45) is 0 Å². The van der Waals surface area contributed by atoms with Crippen LogP contribution in [0.15, 0.2) is 30.9 Å². The molecule has 0 fully saturated rings. The van der Waals surface area contributed by atoms with Gasteiger partial charge in [0, 0.05) is 6.54 Å². The molecular weight excluding hydrogens is 311 g/mol. The van der Waals surface area contributed by atoms with E-state index in [1.54, 1.807) is 0 Å². The van der Waals surface area contributed by atoms with Crippen molar-refractivity contribution in [2.75, 3.05) is 12.4 Å². The molecule has 0 aliphatic rings. The molecule has 0 spiro atoms. The van der Waals surface area contributed by atoms with Crippen molar-refractivity contribution < 1.29 is 17.9 Å². The Hall–Kier alpha value is -2.84. The van der Waals surface area contributed by atoms with Gasteiger partial charge < -0.3 is 15.0 Å². The Balaban J connectivity index is 1.90. The monoisotopic (exact) mass is 323 g/mol. The summed E-state index contributed by atoms with van der Waals surface area (Å²) in [6.07, 6.45) is -1.73. The number of halogens is 3. The molecule has 6 nitrogen and oxygen atoms in total. The molecule has 0 saturated carbocycles. The number of H-pyrrole nitrogens is 1. The molecule has 0 amide bonds. The highest BCUT2D eigenvalue weighted by atomic mass is 19.4. The minimum absolute atomic E-state index is 0.0516. The summed E-state index contributed by atoms with van der Waals surface area (Å²) >= 11 is 0.